The van der Waals surface area contributed by atoms with Gasteiger partial charge in [-0.1, -0.05) is 13.8 Å². The van der Waals surface area contributed by atoms with Crippen molar-refractivity contribution in [2.45, 2.75) is 26.4 Å². The molecule has 1 rings (SSSR count). The Kier molecular flexibility index (Phi) is 4.62. The summed E-state index contributed by atoms with van der Waals surface area (Å²) in [4.78, 5) is 1.91. The molecule has 5 heteroatoms. The van der Waals surface area contributed by atoms with E-state index in [4.69, 9.17) is 5.73 Å². The van der Waals surface area contributed by atoms with Gasteiger partial charge < -0.3 is 10.6 Å². The van der Waals surface area contributed by atoms with Crippen molar-refractivity contribution < 1.29 is 13.2 Å². The predicted molar refractivity (Wildman–Crippen MR) is 58.0 cm³/mol. The fourth-order valence-corrected chi connectivity index (χ4v) is 2.56. The lowest BCUT2D eigenvalue weighted by Crippen LogP contribution is -2.46. The second kappa shape index (κ2) is 5.36. The number of nitrogens with zero attached hydrogens (tertiary/aromatic N) is 1. The Morgan fingerprint density at radius 2 is 1.75 bits per heavy atom. The van der Waals surface area contributed by atoms with E-state index in [0.29, 0.717) is 11.8 Å². The molecule has 0 aromatic carbocycles. The molecular weight excluding hydrogens is 217 g/mol. The summed E-state index contributed by atoms with van der Waals surface area (Å²) in [5.41, 5.74) is 5.20. The maximum atomic E-state index is 12.6. The molecule has 2 nitrogen and oxygen atoms in total. The Balaban J connectivity index is 2.51. The van der Waals surface area contributed by atoms with E-state index in [9.17, 15) is 13.2 Å². The number of likely N-dealkylation sites (tertiary alicyclic amines) is 1. The molecular formula is C11H21F3N2. The van der Waals surface area contributed by atoms with Crippen LogP contribution in [-0.2, 0) is 0 Å². The van der Waals surface area contributed by atoms with Gasteiger partial charge in [0.05, 0.1) is 5.92 Å². The van der Waals surface area contributed by atoms with Gasteiger partial charge in [-0.2, -0.15) is 13.2 Å². The summed E-state index contributed by atoms with van der Waals surface area (Å²) in [7, 11) is 0. The predicted octanol–water partition coefficient (Wildman–Crippen LogP) is 2.10. The van der Waals surface area contributed by atoms with Crippen molar-refractivity contribution >= 4 is 0 Å². The Labute approximate surface area is 95.0 Å². The molecule has 0 spiro atoms. The van der Waals surface area contributed by atoms with Crippen LogP contribution in [0.4, 0.5) is 13.2 Å². The molecule has 0 saturated carbocycles. The third-order valence-corrected chi connectivity index (χ3v) is 3.17. The molecule has 3 unspecified atom stereocenters. The van der Waals surface area contributed by atoms with E-state index in [1.807, 2.05) is 4.90 Å². The highest BCUT2D eigenvalue weighted by molar-refractivity contribution is 4.79. The standard InChI is InChI=1S/C11H21F3N2/c1-8-3-9(2)6-16(5-8)7-10(4-15)11(12,13)14/h8-10H,3-7,15H2,1-2H3. The first-order valence-corrected chi connectivity index (χ1v) is 5.82. The van der Waals surface area contributed by atoms with Gasteiger partial charge in [-0.25, -0.2) is 0 Å². The lowest BCUT2D eigenvalue weighted by Gasteiger charge is -2.37. The van der Waals surface area contributed by atoms with Gasteiger partial charge >= 0.3 is 6.18 Å². The van der Waals surface area contributed by atoms with Gasteiger partial charge in [0.15, 0.2) is 0 Å². The van der Waals surface area contributed by atoms with E-state index < -0.39 is 12.1 Å². The van der Waals surface area contributed by atoms with Crippen LogP contribution in [0.5, 0.6) is 0 Å². The first kappa shape index (κ1) is 13.8. The maximum absolute atomic E-state index is 12.6. The molecule has 96 valence electrons. The van der Waals surface area contributed by atoms with Crippen molar-refractivity contribution in [2.24, 2.45) is 23.5 Å². The molecule has 0 aromatic heterocycles. The summed E-state index contributed by atoms with van der Waals surface area (Å²) in [6, 6.07) is 0. The average molecular weight is 238 g/mol. The molecule has 1 saturated heterocycles. The Hall–Kier alpha value is -0.290. The molecule has 3 atom stereocenters. The van der Waals surface area contributed by atoms with Crippen molar-refractivity contribution in [3.05, 3.63) is 0 Å². The van der Waals surface area contributed by atoms with Crippen LogP contribution in [0.3, 0.4) is 0 Å². The number of piperidine rings is 1. The van der Waals surface area contributed by atoms with Crippen molar-refractivity contribution in [3.63, 3.8) is 0 Å². The topological polar surface area (TPSA) is 29.3 Å². The number of rotatable bonds is 3. The molecule has 0 radical (unpaired) electrons. The zero-order valence-corrected chi connectivity index (χ0v) is 9.93. The quantitative estimate of drug-likeness (QED) is 0.816. The summed E-state index contributed by atoms with van der Waals surface area (Å²) in [6.07, 6.45) is -3.06. The van der Waals surface area contributed by atoms with E-state index in [1.165, 1.54) is 0 Å². The summed E-state index contributed by atoms with van der Waals surface area (Å²) in [6.45, 7) is 5.44. The highest BCUT2D eigenvalue weighted by Gasteiger charge is 2.40. The van der Waals surface area contributed by atoms with Crippen LogP contribution < -0.4 is 5.73 Å². The fraction of sp³-hybridized carbons (Fsp3) is 1.00. The zero-order chi connectivity index (χ0) is 12.3. The fourth-order valence-electron chi connectivity index (χ4n) is 2.56. The summed E-state index contributed by atoms with van der Waals surface area (Å²) >= 11 is 0. The van der Waals surface area contributed by atoms with Crippen LogP contribution in [0.2, 0.25) is 0 Å². The van der Waals surface area contributed by atoms with Crippen LogP contribution >= 0.6 is 0 Å². The maximum Gasteiger partial charge on any atom is 0.394 e. The third-order valence-electron chi connectivity index (χ3n) is 3.17. The molecule has 1 fully saturated rings. The summed E-state index contributed by atoms with van der Waals surface area (Å²) < 4.78 is 37.7. The molecule has 0 aromatic rings. The lowest BCUT2D eigenvalue weighted by atomic mass is 9.91. The van der Waals surface area contributed by atoms with Crippen LogP contribution in [0.15, 0.2) is 0 Å². The number of halogens is 3. The molecule has 16 heavy (non-hydrogen) atoms. The second-order valence-corrected chi connectivity index (χ2v) is 5.14. The molecule has 0 aliphatic carbocycles. The Morgan fingerprint density at radius 1 is 1.25 bits per heavy atom. The van der Waals surface area contributed by atoms with Gasteiger partial charge in [0.2, 0.25) is 0 Å². The Morgan fingerprint density at radius 3 is 2.12 bits per heavy atom. The normalized spacial score (nSPS) is 30.4. The SMILES string of the molecule is CC1CC(C)CN(CC(CN)C(F)(F)F)C1. The molecule has 1 aliphatic heterocycles. The number of alkyl halides is 3. The van der Waals surface area contributed by atoms with E-state index >= 15 is 0 Å². The third kappa shape index (κ3) is 3.94. The van der Waals surface area contributed by atoms with Gasteiger partial charge in [-0.15, -0.1) is 0 Å². The van der Waals surface area contributed by atoms with Crippen molar-refractivity contribution in [2.75, 3.05) is 26.2 Å². The highest BCUT2D eigenvalue weighted by atomic mass is 19.4. The van der Waals surface area contributed by atoms with Crippen LogP contribution in [0.25, 0.3) is 0 Å². The second-order valence-electron chi connectivity index (χ2n) is 5.14. The molecule has 1 heterocycles. The molecule has 2 N–H and O–H groups in total. The summed E-state index contributed by atoms with van der Waals surface area (Å²) in [5, 5.41) is 0. The minimum atomic E-state index is -4.17. The Bertz CT molecular complexity index is 208. The number of hydrogen-bond donors (Lipinski definition) is 1. The molecule has 1 aliphatic rings. The van der Waals surface area contributed by atoms with Crippen LogP contribution in [0.1, 0.15) is 20.3 Å². The minimum Gasteiger partial charge on any atom is -0.330 e. The van der Waals surface area contributed by atoms with Crippen molar-refractivity contribution in [1.29, 1.82) is 0 Å². The highest BCUT2D eigenvalue weighted by Crippen LogP contribution is 2.28. The van der Waals surface area contributed by atoms with Crippen LogP contribution in [0, 0.1) is 17.8 Å². The molecule has 0 amide bonds. The monoisotopic (exact) mass is 238 g/mol. The van der Waals surface area contributed by atoms with Gasteiger partial charge in [0.1, 0.15) is 0 Å². The smallest absolute Gasteiger partial charge is 0.330 e. The van der Waals surface area contributed by atoms with Gasteiger partial charge in [0.25, 0.3) is 0 Å². The first-order valence-electron chi connectivity index (χ1n) is 5.82. The van der Waals surface area contributed by atoms with E-state index in [-0.39, 0.29) is 13.1 Å². The van der Waals surface area contributed by atoms with Gasteiger partial charge in [0, 0.05) is 26.2 Å². The van der Waals surface area contributed by atoms with Gasteiger partial charge in [-0.3, -0.25) is 0 Å². The van der Waals surface area contributed by atoms with Gasteiger partial charge in [-0.05, 0) is 18.3 Å². The van der Waals surface area contributed by atoms with E-state index in [2.05, 4.69) is 13.8 Å². The lowest BCUT2D eigenvalue weighted by molar-refractivity contribution is -0.177. The largest absolute Gasteiger partial charge is 0.394 e. The zero-order valence-electron chi connectivity index (χ0n) is 9.93. The minimum absolute atomic E-state index is 0.0503. The van der Waals surface area contributed by atoms with Crippen molar-refractivity contribution in [1.82, 2.24) is 4.90 Å². The number of hydrogen-bond acceptors (Lipinski definition) is 2. The van der Waals surface area contributed by atoms with Crippen LogP contribution in [-0.4, -0.2) is 37.3 Å². The van der Waals surface area contributed by atoms with Crippen molar-refractivity contribution in [3.8, 4) is 0 Å². The average Bonchev–Trinajstić information content (AvgIpc) is 2.10. The van der Waals surface area contributed by atoms with E-state index in [1.54, 1.807) is 0 Å². The number of nitrogens with two attached hydrogens (primary N) is 1. The first-order chi connectivity index (χ1) is 7.32. The summed E-state index contributed by atoms with van der Waals surface area (Å²) in [5.74, 6) is -0.421. The van der Waals surface area contributed by atoms with E-state index in [0.717, 1.165) is 19.5 Å². The molecule has 0 bridgehead atoms.